The quantitative estimate of drug-likeness (QED) is 0.696. The molecule has 0 unspecified atom stereocenters. The molecule has 1 atom stereocenters. The number of sulfonamides is 1. The lowest BCUT2D eigenvalue weighted by molar-refractivity contribution is -0.121. The van der Waals surface area contributed by atoms with Gasteiger partial charge in [0.25, 0.3) is 0 Å². The minimum atomic E-state index is -3.42. The first kappa shape index (κ1) is 22.9. The number of carbonyl (C=O) groups is 1. The standard InChI is InChI=1S/C23H32N2O3S/c1-16-10-7-8-11-22(16)25(29(6,27)28)13-9-12-23(26)24-20(5)21-15-18(3)17(2)14-19(21)4/h7-8,10-11,14-15,20H,9,12-13H2,1-6H3,(H,24,26)/t20-/m0/s1. The van der Waals surface area contributed by atoms with Crippen LogP contribution in [0.15, 0.2) is 36.4 Å². The second-order valence-corrected chi connectivity index (χ2v) is 9.71. The van der Waals surface area contributed by atoms with Crippen molar-refractivity contribution in [2.45, 2.75) is 53.5 Å². The van der Waals surface area contributed by atoms with Crippen molar-refractivity contribution < 1.29 is 13.2 Å². The molecular weight excluding hydrogens is 384 g/mol. The van der Waals surface area contributed by atoms with Crippen molar-refractivity contribution in [3.63, 3.8) is 0 Å². The molecule has 0 aliphatic heterocycles. The van der Waals surface area contributed by atoms with Gasteiger partial charge in [-0.1, -0.05) is 30.3 Å². The van der Waals surface area contributed by atoms with Crippen molar-refractivity contribution in [1.29, 1.82) is 0 Å². The van der Waals surface area contributed by atoms with Gasteiger partial charge in [-0.05, 0) is 74.9 Å². The molecule has 0 fully saturated rings. The molecule has 0 radical (unpaired) electrons. The van der Waals surface area contributed by atoms with Gasteiger partial charge in [-0.15, -0.1) is 0 Å². The zero-order chi connectivity index (χ0) is 21.8. The molecule has 0 aromatic heterocycles. The fraction of sp³-hybridized carbons (Fsp3) is 0.435. The molecule has 0 saturated heterocycles. The molecule has 29 heavy (non-hydrogen) atoms. The van der Waals surface area contributed by atoms with Crippen LogP contribution < -0.4 is 9.62 Å². The van der Waals surface area contributed by atoms with Crippen molar-refractivity contribution in [3.8, 4) is 0 Å². The monoisotopic (exact) mass is 416 g/mol. The molecular formula is C23H32N2O3S. The molecule has 1 N–H and O–H groups in total. The maximum Gasteiger partial charge on any atom is 0.232 e. The molecule has 2 aromatic carbocycles. The molecule has 0 spiro atoms. The van der Waals surface area contributed by atoms with Crippen molar-refractivity contribution in [2.75, 3.05) is 17.1 Å². The molecule has 0 saturated carbocycles. The van der Waals surface area contributed by atoms with E-state index in [0.717, 1.165) is 16.7 Å². The number of carbonyl (C=O) groups excluding carboxylic acids is 1. The van der Waals surface area contributed by atoms with Crippen LogP contribution in [0.25, 0.3) is 0 Å². The summed E-state index contributed by atoms with van der Waals surface area (Å²) in [4.78, 5) is 12.4. The van der Waals surface area contributed by atoms with Crippen molar-refractivity contribution in [3.05, 3.63) is 64.2 Å². The Morgan fingerprint density at radius 3 is 2.24 bits per heavy atom. The molecule has 2 rings (SSSR count). The average molecular weight is 417 g/mol. The fourth-order valence-corrected chi connectivity index (χ4v) is 4.56. The van der Waals surface area contributed by atoms with E-state index in [1.165, 1.54) is 21.7 Å². The SMILES string of the molecule is Cc1cc(C)c([C@H](C)NC(=O)CCCN(c2ccccc2C)S(C)(=O)=O)cc1C. The molecule has 0 bridgehead atoms. The maximum absolute atomic E-state index is 12.4. The summed E-state index contributed by atoms with van der Waals surface area (Å²) in [6.07, 6.45) is 1.92. The highest BCUT2D eigenvalue weighted by atomic mass is 32.2. The van der Waals surface area contributed by atoms with E-state index in [-0.39, 0.29) is 24.9 Å². The molecule has 0 aliphatic rings. The molecule has 158 valence electrons. The number of hydrogen-bond acceptors (Lipinski definition) is 3. The smallest absolute Gasteiger partial charge is 0.232 e. The normalized spacial score (nSPS) is 12.5. The van der Waals surface area contributed by atoms with Gasteiger partial charge >= 0.3 is 0 Å². The first-order valence-corrected chi connectivity index (χ1v) is 11.8. The van der Waals surface area contributed by atoms with E-state index in [2.05, 4.69) is 38.2 Å². The lowest BCUT2D eigenvalue weighted by Gasteiger charge is -2.24. The molecule has 1 amide bonds. The summed E-state index contributed by atoms with van der Waals surface area (Å²) in [5.41, 5.74) is 6.26. The number of anilines is 1. The topological polar surface area (TPSA) is 66.5 Å². The number of nitrogens with one attached hydrogen (secondary N) is 1. The van der Waals surface area contributed by atoms with Gasteiger partial charge in [0.1, 0.15) is 0 Å². The summed E-state index contributed by atoms with van der Waals surface area (Å²) < 4.78 is 25.9. The lowest BCUT2D eigenvalue weighted by atomic mass is 9.96. The van der Waals surface area contributed by atoms with Gasteiger partial charge in [0.05, 0.1) is 18.0 Å². The second-order valence-electron chi connectivity index (χ2n) is 7.81. The Morgan fingerprint density at radius 1 is 1.00 bits per heavy atom. The van der Waals surface area contributed by atoms with Gasteiger partial charge in [-0.25, -0.2) is 8.42 Å². The Labute approximate surface area is 175 Å². The highest BCUT2D eigenvalue weighted by Gasteiger charge is 2.19. The van der Waals surface area contributed by atoms with Crippen LogP contribution in [0.1, 0.15) is 53.6 Å². The zero-order valence-corrected chi connectivity index (χ0v) is 19.1. The molecule has 5 nitrogen and oxygen atoms in total. The van der Waals surface area contributed by atoms with Gasteiger partial charge < -0.3 is 5.32 Å². The number of amides is 1. The average Bonchev–Trinajstić information content (AvgIpc) is 2.61. The summed E-state index contributed by atoms with van der Waals surface area (Å²) in [6, 6.07) is 11.5. The van der Waals surface area contributed by atoms with E-state index in [1.807, 2.05) is 32.0 Å². The Bertz CT molecular complexity index is 984. The molecule has 2 aromatic rings. The van der Waals surface area contributed by atoms with E-state index >= 15 is 0 Å². The summed E-state index contributed by atoms with van der Waals surface area (Å²) in [6.45, 7) is 10.3. The van der Waals surface area contributed by atoms with Crippen molar-refractivity contribution >= 4 is 21.6 Å². The number of hydrogen-bond donors (Lipinski definition) is 1. The van der Waals surface area contributed by atoms with E-state index in [9.17, 15) is 13.2 Å². The lowest BCUT2D eigenvalue weighted by Crippen LogP contribution is -2.33. The highest BCUT2D eigenvalue weighted by Crippen LogP contribution is 2.23. The van der Waals surface area contributed by atoms with Crippen LogP contribution in [-0.2, 0) is 14.8 Å². The molecule has 6 heteroatoms. The van der Waals surface area contributed by atoms with E-state index in [0.29, 0.717) is 12.1 Å². The van der Waals surface area contributed by atoms with E-state index in [4.69, 9.17) is 0 Å². The van der Waals surface area contributed by atoms with Gasteiger partial charge in [-0.3, -0.25) is 9.10 Å². The third-order valence-electron chi connectivity index (χ3n) is 5.28. The predicted molar refractivity (Wildman–Crippen MR) is 120 cm³/mol. The van der Waals surface area contributed by atoms with Crippen LogP contribution in [0.2, 0.25) is 0 Å². The molecule has 0 aliphatic carbocycles. The van der Waals surface area contributed by atoms with Crippen LogP contribution >= 0.6 is 0 Å². The summed E-state index contributed by atoms with van der Waals surface area (Å²) in [7, 11) is -3.42. The molecule has 0 heterocycles. The zero-order valence-electron chi connectivity index (χ0n) is 18.2. The summed E-state index contributed by atoms with van der Waals surface area (Å²) in [5.74, 6) is -0.0756. The number of aryl methyl sites for hydroxylation is 4. The third-order valence-corrected chi connectivity index (χ3v) is 6.46. The second kappa shape index (κ2) is 9.44. The maximum atomic E-state index is 12.4. The number of benzene rings is 2. The van der Waals surface area contributed by atoms with Gasteiger partial charge in [-0.2, -0.15) is 0 Å². The van der Waals surface area contributed by atoms with E-state index in [1.54, 1.807) is 6.07 Å². The Balaban J connectivity index is 1.99. The Kier molecular flexibility index (Phi) is 7.47. The Hall–Kier alpha value is -2.34. The largest absolute Gasteiger partial charge is 0.350 e. The Morgan fingerprint density at radius 2 is 1.62 bits per heavy atom. The summed E-state index contributed by atoms with van der Waals surface area (Å²) in [5, 5.41) is 3.04. The van der Waals surface area contributed by atoms with Crippen LogP contribution in [0.3, 0.4) is 0 Å². The van der Waals surface area contributed by atoms with Crippen LogP contribution in [-0.4, -0.2) is 27.1 Å². The highest BCUT2D eigenvalue weighted by molar-refractivity contribution is 7.92. The van der Waals surface area contributed by atoms with Crippen molar-refractivity contribution in [2.24, 2.45) is 0 Å². The van der Waals surface area contributed by atoms with Crippen LogP contribution in [0, 0.1) is 27.7 Å². The van der Waals surface area contributed by atoms with Gasteiger partial charge in [0.2, 0.25) is 15.9 Å². The van der Waals surface area contributed by atoms with Crippen LogP contribution in [0.4, 0.5) is 5.69 Å². The number of nitrogens with zero attached hydrogens (tertiary/aromatic N) is 1. The van der Waals surface area contributed by atoms with Gasteiger partial charge in [0, 0.05) is 13.0 Å². The minimum absolute atomic E-state index is 0.0756. The summed E-state index contributed by atoms with van der Waals surface area (Å²) >= 11 is 0. The van der Waals surface area contributed by atoms with Crippen LogP contribution in [0.5, 0.6) is 0 Å². The first-order chi connectivity index (χ1) is 13.5. The van der Waals surface area contributed by atoms with Gasteiger partial charge in [0.15, 0.2) is 0 Å². The predicted octanol–water partition coefficient (Wildman–Crippen LogP) is 4.34. The minimum Gasteiger partial charge on any atom is -0.350 e. The fourth-order valence-electron chi connectivity index (χ4n) is 3.53. The van der Waals surface area contributed by atoms with E-state index < -0.39 is 10.0 Å². The number of rotatable bonds is 8. The third kappa shape index (κ3) is 6.07. The number of para-hydroxylation sites is 1. The van der Waals surface area contributed by atoms with Crippen molar-refractivity contribution in [1.82, 2.24) is 5.32 Å². The first-order valence-electron chi connectivity index (χ1n) is 9.91.